The Morgan fingerprint density at radius 3 is 2.37 bits per heavy atom. The van der Waals surface area contributed by atoms with Gasteiger partial charge in [-0.3, -0.25) is 19.7 Å². The highest BCUT2D eigenvalue weighted by molar-refractivity contribution is 5.98. The number of benzene rings is 2. The molecule has 2 amide bonds. The van der Waals surface area contributed by atoms with Gasteiger partial charge in [-0.15, -0.1) is 0 Å². The summed E-state index contributed by atoms with van der Waals surface area (Å²) in [6.45, 7) is 8.39. The predicted octanol–water partition coefficient (Wildman–Crippen LogP) is 4.51. The fourth-order valence-electron chi connectivity index (χ4n) is 3.52. The minimum atomic E-state index is -0.487. The number of carbonyl (C=O) groups is 2. The summed E-state index contributed by atoms with van der Waals surface area (Å²) in [5.41, 5.74) is 3.07. The fraction of sp³-hybridized carbons (Fsp3) is 0.321. The summed E-state index contributed by atoms with van der Waals surface area (Å²) in [5.74, 6) is -0.269. The molecule has 3 rings (SSSR count). The SMILES string of the molecule is COCCN(CC(=O)Nc1cc(C(C)(C)C)nn1-c1ccc(C)cc1)C(=O)/C=C/c1ccc([N+](=O)[O-])cc1. The number of nitrogens with one attached hydrogen (secondary N) is 1. The second-order valence-electron chi connectivity index (χ2n) is 9.89. The van der Waals surface area contributed by atoms with Crippen LogP contribution in [0.25, 0.3) is 11.8 Å². The van der Waals surface area contributed by atoms with Crippen molar-refractivity contribution in [2.24, 2.45) is 0 Å². The highest BCUT2D eigenvalue weighted by atomic mass is 16.6. The van der Waals surface area contributed by atoms with Gasteiger partial charge in [0, 0.05) is 43.3 Å². The van der Waals surface area contributed by atoms with Gasteiger partial charge in [0.1, 0.15) is 12.4 Å². The van der Waals surface area contributed by atoms with Crippen molar-refractivity contribution in [3.63, 3.8) is 0 Å². The van der Waals surface area contributed by atoms with Gasteiger partial charge in [-0.2, -0.15) is 5.10 Å². The molecule has 0 aliphatic heterocycles. The van der Waals surface area contributed by atoms with Crippen LogP contribution in [0, 0.1) is 17.0 Å². The van der Waals surface area contributed by atoms with Gasteiger partial charge in [-0.05, 0) is 42.8 Å². The molecule has 1 N–H and O–H groups in total. The lowest BCUT2D eigenvalue weighted by Gasteiger charge is -2.20. The molecular formula is C28H33N5O5. The Morgan fingerprint density at radius 1 is 1.13 bits per heavy atom. The van der Waals surface area contributed by atoms with Crippen molar-refractivity contribution in [2.45, 2.75) is 33.1 Å². The molecule has 0 fully saturated rings. The smallest absolute Gasteiger partial charge is 0.269 e. The van der Waals surface area contributed by atoms with Crippen LogP contribution in [0.1, 0.15) is 37.6 Å². The Kier molecular flexibility index (Phi) is 9.14. The van der Waals surface area contributed by atoms with Crippen LogP contribution >= 0.6 is 0 Å². The number of hydrogen-bond donors (Lipinski definition) is 1. The lowest BCUT2D eigenvalue weighted by Crippen LogP contribution is -2.39. The molecule has 0 radical (unpaired) electrons. The Balaban J connectivity index is 1.78. The van der Waals surface area contributed by atoms with Crippen LogP contribution in [0.3, 0.4) is 0 Å². The molecule has 0 saturated carbocycles. The van der Waals surface area contributed by atoms with Crippen LogP contribution in [0.4, 0.5) is 11.5 Å². The molecular weight excluding hydrogens is 486 g/mol. The summed E-state index contributed by atoms with van der Waals surface area (Å²) in [7, 11) is 1.52. The Bertz CT molecular complexity index is 1300. The molecule has 0 bridgehead atoms. The van der Waals surface area contributed by atoms with Gasteiger partial charge < -0.3 is 15.0 Å². The van der Waals surface area contributed by atoms with Crippen molar-refractivity contribution in [1.29, 1.82) is 0 Å². The number of aryl methyl sites for hydroxylation is 1. The largest absolute Gasteiger partial charge is 0.383 e. The number of nitro benzene ring substituents is 1. The molecule has 0 unspecified atom stereocenters. The first-order chi connectivity index (χ1) is 18.0. The minimum Gasteiger partial charge on any atom is -0.383 e. The van der Waals surface area contributed by atoms with Crippen molar-refractivity contribution in [3.05, 3.63) is 87.6 Å². The zero-order chi connectivity index (χ0) is 27.9. The summed E-state index contributed by atoms with van der Waals surface area (Å²) in [6.07, 6.45) is 2.88. The number of rotatable bonds is 10. The number of nitrogens with zero attached hydrogens (tertiary/aromatic N) is 4. The van der Waals surface area contributed by atoms with Crippen molar-refractivity contribution in [1.82, 2.24) is 14.7 Å². The lowest BCUT2D eigenvalue weighted by molar-refractivity contribution is -0.384. The maximum atomic E-state index is 13.1. The summed E-state index contributed by atoms with van der Waals surface area (Å²) < 4.78 is 6.81. The van der Waals surface area contributed by atoms with E-state index in [2.05, 4.69) is 5.32 Å². The topological polar surface area (TPSA) is 120 Å². The number of carbonyl (C=O) groups excluding carboxylic acids is 2. The Hall–Kier alpha value is -4.31. The third-order valence-electron chi connectivity index (χ3n) is 5.76. The molecule has 0 spiro atoms. The van der Waals surface area contributed by atoms with Crippen LogP contribution in [0.15, 0.2) is 60.7 Å². The van der Waals surface area contributed by atoms with Gasteiger partial charge in [0.2, 0.25) is 11.8 Å². The minimum absolute atomic E-state index is 0.0358. The van der Waals surface area contributed by atoms with E-state index in [1.54, 1.807) is 22.9 Å². The van der Waals surface area contributed by atoms with Crippen LogP contribution in [0.5, 0.6) is 0 Å². The molecule has 38 heavy (non-hydrogen) atoms. The van der Waals surface area contributed by atoms with Gasteiger partial charge in [-0.1, -0.05) is 38.5 Å². The van der Waals surface area contributed by atoms with E-state index in [0.717, 1.165) is 16.9 Å². The molecule has 0 aliphatic rings. The molecule has 3 aromatic rings. The van der Waals surface area contributed by atoms with Crippen molar-refractivity contribution in [2.75, 3.05) is 32.1 Å². The van der Waals surface area contributed by atoms with Crippen LogP contribution < -0.4 is 5.32 Å². The van der Waals surface area contributed by atoms with Crippen LogP contribution in [-0.4, -0.2) is 58.2 Å². The van der Waals surface area contributed by atoms with Crippen molar-refractivity contribution in [3.8, 4) is 5.69 Å². The summed E-state index contributed by atoms with van der Waals surface area (Å²) in [5, 5.41) is 18.5. The molecule has 0 saturated heterocycles. The molecule has 10 heteroatoms. The van der Waals surface area contributed by atoms with Gasteiger partial charge >= 0.3 is 0 Å². The number of methoxy groups -OCH3 is 1. The zero-order valence-electron chi connectivity index (χ0n) is 22.3. The number of nitro groups is 1. The molecule has 0 atom stereocenters. The van der Waals surface area contributed by atoms with E-state index in [1.165, 1.54) is 30.2 Å². The first-order valence-electron chi connectivity index (χ1n) is 12.2. The van der Waals surface area contributed by atoms with E-state index in [4.69, 9.17) is 9.84 Å². The Morgan fingerprint density at radius 2 is 1.79 bits per heavy atom. The number of ether oxygens (including phenoxy) is 1. The maximum absolute atomic E-state index is 13.1. The van der Waals surface area contributed by atoms with Crippen molar-refractivity contribution >= 4 is 29.4 Å². The second-order valence-corrected chi connectivity index (χ2v) is 9.89. The van der Waals surface area contributed by atoms with E-state index in [1.807, 2.05) is 58.0 Å². The van der Waals surface area contributed by atoms with Gasteiger partial charge in [0.15, 0.2) is 0 Å². The van der Waals surface area contributed by atoms with E-state index >= 15 is 0 Å². The van der Waals surface area contributed by atoms with E-state index in [0.29, 0.717) is 11.4 Å². The van der Waals surface area contributed by atoms with Crippen LogP contribution in [0.2, 0.25) is 0 Å². The molecule has 10 nitrogen and oxygen atoms in total. The quantitative estimate of drug-likeness (QED) is 0.239. The zero-order valence-corrected chi connectivity index (χ0v) is 22.3. The molecule has 200 valence electrons. The highest BCUT2D eigenvalue weighted by Gasteiger charge is 2.23. The number of hydrogen-bond acceptors (Lipinski definition) is 6. The third-order valence-corrected chi connectivity index (χ3v) is 5.76. The molecule has 1 aromatic heterocycles. The standard InChI is InChI=1S/C28H33N5O5/c1-20-6-11-22(12-7-20)32-25(18-24(30-32)28(2,3)4)29-26(34)19-31(16-17-38-5)27(35)15-10-21-8-13-23(14-9-21)33(36)37/h6-15,18H,16-17,19H2,1-5H3,(H,29,34)/b15-10+. The molecule has 2 aromatic carbocycles. The van der Waals surface area contributed by atoms with E-state index < -0.39 is 10.8 Å². The average Bonchev–Trinajstić information content (AvgIpc) is 3.30. The predicted molar refractivity (Wildman–Crippen MR) is 146 cm³/mol. The Labute approximate surface area is 222 Å². The van der Waals surface area contributed by atoms with Crippen LogP contribution in [-0.2, 0) is 19.7 Å². The second kappa shape index (κ2) is 12.3. The number of aromatic nitrogens is 2. The fourth-order valence-corrected chi connectivity index (χ4v) is 3.52. The maximum Gasteiger partial charge on any atom is 0.269 e. The highest BCUT2D eigenvalue weighted by Crippen LogP contribution is 2.26. The average molecular weight is 520 g/mol. The summed E-state index contributed by atoms with van der Waals surface area (Å²) in [4.78, 5) is 37.7. The third kappa shape index (κ3) is 7.59. The molecule has 1 heterocycles. The van der Waals surface area contributed by atoms with Gasteiger partial charge in [-0.25, -0.2) is 4.68 Å². The van der Waals surface area contributed by atoms with Gasteiger partial charge in [0.25, 0.3) is 5.69 Å². The summed E-state index contributed by atoms with van der Waals surface area (Å²) >= 11 is 0. The number of anilines is 1. The van der Waals surface area contributed by atoms with Crippen molar-refractivity contribution < 1.29 is 19.2 Å². The first kappa shape index (κ1) is 28.3. The summed E-state index contributed by atoms with van der Waals surface area (Å²) in [6, 6.07) is 15.5. The van der Waals surface area contributed by atoms with Gasteiger partial charge in [0.05, 0.1) is 22.9 Å². The van der Waals surface area contributed by atoms with E-state index in [9.17, 15) is 19.7 Å². The first-order valence-corrected chi connectivity index (χ1v) is 12.2. The van der Waals surface area contributed by atoms with E-state index in [-0.39, 0.29) is 36.7 Å². The number of non-ortho nitro benzene ring substituents is 1. The molecule has 0 aliphatic carbocycles. The normalized spacial score (nSPS) is 11.5. The monoisotopic (exact) mass is 519 g/mol. The lowest BCUT2D eigenvalue weighted by atomic mass is 9.92. The number of amides is 2.